The highest BCUT2D eigenvalue weighted by molar-refractivity contribution is 7.89. The first-order chi connectivity index (χ1) is 11.3. The Hall–Kier alpha value is -1.97. The molecule has 0 unspecified atom stereocenters. The number of aromatic amines is 2. The molecule has 0 saturated carbocycles. The smallest absolute Gasteiger partial charge is 0.326 e. The highest BCUT2D eigenvalue weighted by atomic mass is 32.2. The lowest BCUT2D eigenvalue weighted by Gasteiger charge is -2.38. The van der Waals surface area contributed by atoms with Crippen LogP contribution in [0.4, 0.5) is 0 Å². The van der Waals surface area contributed by atoms with E-state index in [1.54, 1.807) is 0 Å². The zero-order chi connectivity index (χ0) is 17.5. The van der Waals surface area contributed by atoms with E-state index in [0.29, 0.717) is 12.1 Å². The summed E-state index contributed by atoms with van der Waals surface area (Å²) >= 11 is 0. The number of hydrogen-bond donors (Lipinski definition) is 3. The van der Waals surface area contributed by atoms with Gasteiger partial charge >= 0.3 is 5.69 Å². The fourth-order valence-corrected chi connectivity index (χ4v) is 5.10. The van der Waals surface area contributed by atoms with Crippen molar-refractivity contribution in [1.82, 2.24) is 14.3 Å². The van der Waals surface area contributed by atoms with Gasteiger partial charge in [-0.15, -0.1) is 0 Å². The van der Waals surface area contributed by atoms with Gasteiger partial charge in [0.1, 0.15) is 0 Å². The van der Waals surface area contributed by atoms with Crippen molar-refractivity contribution in [2.45, 2.75) is 30.7 Å². The number of nitrogens with zero attached hydrogens (tertiary/aromatic N) is 1. The molecule has 130 valence electrons. The molecule has 1 fully saturated rings. The minimum absolute atomic E-state index is 0.0279. The van der Waals surface area contributed by atoms with Gasteiger partial charge in [-0.05, 0) is 37.0 Å². The summed E-state index contributed by atoms with van der Waals surface area (Å²) in [5, 5.41) is 0.130. The fourth-order valence-electron chi connectivity index (χ4n) is 3.30. The van der Waals surface area contributed by atoms with Crippen LogP contribution in [-0.4, -0.2) is 41.8 Å². The van der Waals surface area contributed by atoms with Gasteiger partial charge in [0.15, 0.2) is 0 Å². The first-order valence-electron chi connectivity index (χ1n) is 7.83. The lowest BCUT2D eigenvalue weighted by molar-refractivity contribution is 0.192. The SMILES string of the molecule is C[C@@H]1CCCN(S(=O)(=O)c2ccc3[nH]c(=O)[nH]c(=O)c3c2)[C@@H]1CN. The van der Waals surface area contributed by atoms with Gasteiger partial charge in [0.2, 0.25) is 10.0 Å². The Balaban J connectivity index is 2.11. The summed E-state index contributed by atoms with van der Waals surface area (Å²) in [6, 6.07) is 3.88. The van der Waals surface area contributed by atoms with E-state index in [9.17, 15) is 18.0 Å². The lowest BCUT2D eigenvalue weighted by Crippen LogP contribution is -2.51. The molecule has 24 heavy (non-hydrogen) atoms. The van der Waals surface area contributed by atoms with Gasteiger partial charge in [0.25, 0.3) is 5.56 Å². The number of fused-ring (bicyclic) bond motifs is 1. The standard InChI is InChI=1S/C15H20N4O4S/c1-9-3-2-6-19(13(9)8-16)24(22,23)10-4-5-12-11(7-10)14(20)18-15(21)17-12/h4-5,7,9,13H,2-3,6,8,16H2,1H3,(H2,17,18,20,21)/t9-,13-/m1/s1. The largest absolute Gasteiger partial charge is 0.329 e. The van der Waals surface area contributed by atoms with Gasteiger partial charge in [-0.3, -0.25) is 9.78 Å². The Bertz CT molecular complexity index is 979. The van der Waals surface area contributed by atoms with Crippen LogP contribution in [0.5, 0.6) is 0 Å². The molecule has 1 saturated heterocycles. The summed E-state index contributed by atoms with van der Waals surface area (Å²) in [4.78, 5) is 27.8. The zero-order valence-electron chi connectivity index (χ0n) is 13.3. The fraction of sp³-hybridized carbons (Fsp3) is 0.467. The molecular formula is C15H20N4O4S. The monoisotopic (exact) mass is 352 g/mol. The minimum atomic E-state index is -3.77. The molecule has 8 nitrogen and oxygen atoms in total. The number of nitrogens with one attached hydrogen (secondary N) is 2. The topological polar surface area (TPSA) is 129 Å². The summed E-state index contributed by atoms with van der Waals surface area (Å²) in [5.41, 5.74) is 4.84. The van der Waals surface area contributed by atoms with Crippen LogP contribution < -0.4 is 17.0 Å². The van der Waals surface area contributed by atoms with E-state index in [2.05, 4.69) is 9.97 Å². The number of benzene rings is 1. The highest BCUT2D eigenvalue weighted by Crippen LogP contribution is 2.29. The quantitative estimate of drug-likeness (QED) is 0.714. The van der Waals surface area contributed by atoms with Crippen molar-refractivity contribution in [2.24, 2.45) is 11.7 Å². The molecule has 1 aromatic heterocycles. The molecule has 0 bridgehead atoms. The van der Waals surface area contributed by atoms with Gasteiger partial charge in [-0.25, -0.2) is 13.2 Å². The highest BCUT2D eigenvalue weighted by Gasteiger charge is 2.36. The first-order valence-corrected chi connectivity index (χ1v) is 9.27. The predicted octanol–water partition coefficient (Wildman–Crippen LogP) is -0.0357. The Morgan fingerprint density at radius 3 is 2.75 bits per heavy atom. The average Bonchev–Trinajstić information content (AvgIpc) is 2.54. The molecule has 0 aliphatic carbocycles. The minimum Gasteiger partial charge on any atom is -0.329 e. The second-order valence-electron chi connectivity index (χ2n) is 6.15. The molecule has 0 amide bonds. The number of sulfonamides is 1. The number of aromatic nitrogens is 2. The van der Waals surface area contributed by atoms with Gasteiger partial charge in [0.05, 0.1) is 15.8 Å². The first kappa shape index (κ1) is 16.9. The molecular weight excluding hydrogens is 332 g/mol. The molecule has 0 radical (unpaired) electrons. The van der Waals surface area contributed by atoms with Crippen LogP contribution in [0, 0.1) is 5.92 Å². The van der Waals surface area contributed by atoms with Gasteiger partial charge < -0.3 is 10.7 Å². The second kappa shape index (κ2) is 6.15. The van der Waals surface area contributed by atoms with Crippen LogP contribution in [0.25, 0.3) is 10.9 Å². The van der Waals surface area contributed by atoms with E-state index in [1.165, 1.54) is 22.5 Å². The third kappa shape index (κ3) is 2.79. The lowest BCUT2D eigenvalue weighted by atomic mass is 9.93. The third-order valence-corrected chi connectivity index (χ3v) is 6.54. The van der Waals surface area contributed by atoms with Crippen LogP contribution in [0.3, 0.4) is 0 Å². The zero-order valence-corrected chi connectivity index (χ0v) is 14.1. The predicted molar refractivity (Wildman–Crippen MR) is 90.3 cm³/mol. The van der Waals surface area contributed by atoms with Crippen molar-refractivity contribution in [3.05, 3.63) is 39.0 Å². The second-order valence-corrected chi connectivity index (χ2v) is 8.04. The number of H-pyrrole nitrogens is 2. The van der Waals surface area contributed by atoms with Crippen molar-refractivity contribution >= 4 is 20.9 Å². The maximum absolute atomic E-state index is 13.0. The van der Waals surface area contributed by atoms with Crippen molar-refractivity contribution in [3.63, 3.8) is 0 Å². The van der Waals surface area contributed by atoms with E-state index in [-0.39, 0.29) is 28.8 Å². The average molecular weight is 352 g/mol. The Kier molecular flexibility index (Phi) is 4.33. The van der Waals surface area contributed by atoms with Crippen LogP contribution in [0.1, 0.15) is 19.8 Å². The molecule has 1 aliphatic rings. The van der Waals surface area contributed by atoms with Crippen molar-refractivity contribution in [3.8, 4) is 0 Å². The molecule has 2 atom stereocenters. The Morgan fingerprint density at radius 1 is 1.29 bits per heavy atom. The van der Waals surface area contributed by atoms with Crippen molar-refractivity contribution in [2.75, 3.05) is 13.1 Å². The Morgan fingerprint density at radius 2 is 2.04 bits per heavy atom. The molecule has 0 spiro atoms. The van der Waals surface area contributed by atoms with Crippen LogP contribution in [-0.2, 0) is 10.0 Å². The number of hydrogen-bond acceptors (Lipinski definition) is 5. The van der Waals surface area contributed by atoms with Gasteiger partial charge in [0, 0.05) is 19.1 Å². The van der Waals surface area contributed by atoms with Crippen LogP contribution in [0.15, 0.2) is 32.7 Å². The molecule has 2 aromatic rings. The molecule has 1 aromatic carbocycles. The van der Waals surface area contributed by atoms with Crippen LogP contribution in [0.2, 0.25) is 0 Å². The summed E-state index contributed by atoms with van der Waals surface area (Å²) in [5.74, 6) is 0.179. The maximum atomic E-state index is 13.0. The number of nitrogens with two attached hydrogens (primary N) is 1. The van der Waals surface area contributed by atoms with Crippen LogP contribution >= 0.6 is 0 Å². The molecule has 4 N–H and O–H groups in total. The van der Waals surface area contributed by atoms with E-state index in [1.807, 2.05) is 6.92 Å². The number of piperidine rings is 1. The van der Waals surface area contributed by atoms with Crippen molar-refractivity contribution in [1.29, 1.82) is 0 Å². The van der Waals surface area contributed by atoms with E-state index in [4.69, 9.17) is 5.73 Å². The van der Waals surface area contributed by atoms with Gasteiger partial charge in [-0.1, -0.05) is 6.92 Å². The molecule has 9 heteroatoms. The summed E-state index contributed by atoms with van der Waals surface area (Å²) < 4.78 is 27.5. The van der Waals surface area contributed by atoms with E-state index < -0.39 is 21.3 Å². The normalized spacial score (nSPS) is 22.8. The summed E-state index contributed by atoms with van der Waals surface area (Å²) in [7, 11) is -3.77. The van der Waals surface area contributed by atoms with Gasteiger partial charge in [-0.2, -0.15) is 4.31 Å². The molecule has 1 aliphatic heterocycles. The molecule has 3 rings (SSSR count). The van der Waals surface area contributed by atoms with E-state index >= 15 is 0 Å². The maximum Gasteiger partial charge on any atom is 0.326 e. The summed E-state index contributed by atoms with van der Waals surface area (Å²) in [6.45, 7) is 2.66. The van der Waals surface area contributed by atoms with Crippen molar-refractivity contribution < 1.29 is 8.42 Å². The Labute approximate surface area is 138 Å². The number of rotatable bonds is 3. The molecule has 2 heterocycles. The third-order valence-electron chi connectivity index (χ3n) is 4.62. The summed E-state index contributed by atoms with van der Waals surface area (Å²) in [6.07, 6.45) is 1.71. The van der Waals surface area contributed by atoms with E-state index in [0.717, 1.165) is 12.8 Å².